The number of para-hydroxylation sites is 2. The van der Waals surface area contributed by atoms with Gasteiger partial charge in [-0.25, -0.2) is 5.43 Å². The fraction of sp³-hybridized carbons (Fsp3) is 0.211. The fourth-order valence-electron chi connectivity index (χ4n) is 2.24. The van der Waals surface area contributed by atoms with E-state index in [1.807, 2.05) is 0 Å². The van der Waals surface area contributed by atoms with Gasteiger partial charge in [0.15, 0.2) is 11.5 Å². The van der Waals surface area contributed by atoms with Gasteiger partial charge in [0, 0.05) is 0 Å². The molecule has 0 atom stereocenters. The minimum absolute atomic E-state index is 0.0925. The van der Waals surface area contributed by atoms with Gasteiger partial charge in [-0.2, -0.15) is 5.10 Å². The summed E-state index contributed by atoms with van der Waals surface area (Å²) >= 11 is 5.92. The van der Waals surface area contributed by atoms with Gasteiger partial charge in [-0.3, -0.25) is 9.59 Å². The number of nitrogens with zero attached hydrogens (tertiary/aromatic N) is 1. The molecular formula is C19H20ClN3O5. The largest absolute Gasteiger partial charge is 0.503 e. The number of aromatic hydroxyl groups is 1. The molecule has 0 saturated carbocycles. The molecule has 0 unspecified atom stereocenters. The van der Waals surface area contributed by atoms with Crippen molar-refractivity contribution in [2.24, 2.45) is 5.10 Å². The number of anilines is 1. The van der Waals surface area contributed by atoms with Crippen LogP contribution in [0.1, 0.15) is 18.9 Å². The maximum atomic E-state index is 12.0. The lowest BCUT2D eigenvalue weighted by Crippen LogP contribution is -2.24. The molecule has 2 amide bonds. The molecule has 0 radical (unpaired) electrons. The van der Waals surface area contributed by atoms with Gasteiger partial charge >= 0.3 is 0 Å². The number of hydrazone groups is 1. The Bertz CT molecular complexity index is 886. The van der Waals surface area contributed by atoms with E-state index in [0.717, 1.165) is 0 Å². The van der Waals surface area contributed by atoms with Crippen molar-refractivity contribution in [3.05, 3.63) is 47.0 Å². The van der Waals surface area contributed by atoms with E-state index in [0.29, 0.717) is 23.6 Å². The van der Waals surface area contributed by atoms with Gasteiger partial charge in [0.05, 0.1) is 30.6 Å². The lowest BCUT2D eigenvalue weighted by molar-refractivity contribution is -0.126. The summed E-state index contributed by atoms with van der Waals surface area (Å²) in [5.41, 5.74) is 3.22. The molecule has 148 valence electrons. The standard InChI is InChI=1S/C19H20ClN3O5/c1-3-28-16-9-12(8-13(20)19(16)26)11-21-23-18(25)10-17(24)22-14-6-4-5-7-15(14)27-2/h4-9,11,26H,3,10H2,1-2H3,(H,22,24)(H,23,25). The summed E-state index contributed by atoms with van der Waals surface area (Å²) in [5.74, 6) is -0.581. The van der Waals surface area contributed by atoms with Crippen molar-refractivity contribution in [3.8, 4) is 17.2 Å². The molecule has 0 aliphatic carbocycles. The van der Waals surface area contributed by atoms with Gasteiger partial charge in [-0.15, -0.1) is 0 Å². The van der Waals surface area contributed by atoms with Crippen LogP contribution in [0.25, 0.3) is 0 Å². The number of carbonyl (C=O) groups is 2. The summed E-state index contributed by atoms with van der Waals surface area (Å²) in [4.78, 5) is 23.9. The third-order valence-electron chi connectivity index (χ3n) is 3.46. The second-order valence-corrected chi connectivity index (χ2v) is 5.91. The molecule has 3 N–H and O–H groups in total. The summed E-state index contributed by atoms with van der Waals surface area (Å²) in [7, 11) is 1.49. The monoisotopic (exact) mass is 405 g/mol. The number of methoxy groups -OCH3 is 1. The van der Waals surface area contributed by atoms with E-state index in [2.05, 4.69) is 15.8 Å². The maximum Gasteiger partial charge on any atom is 0.249 e. The Kier molecular flexibility index (Phi) is 7.65. The Morgan fingerprint density at radius 3 is 2.68 bits per heavy atom. The van der Waals surface area contributed by atoms with E-state index < -0.39 is 18.2 Å². The second kappa shape index (κ2) is 10.2. The SMILES string of the molecule is CCOc1cc(C=NNC(=O)CC(=O)Nc2ccccc2OC)cc(Cl)c1O. The van der Waals surface area contributed by atoms with Crippen LogP contribution < -0.4 is 20.2 Å². The normalized spacial score (nSPS) is 10.5. The van der Waals surface area contributed by atoms with Crippen LogP contribution in [-0.4, -0.2) is 36.9 Å². The fourth-order valence-corrected chi connectivity index (χ4v) is 2.46. The van der Waals surface area contributed by atoms with E-state index in [-0.39, 0.29) is 16.5 Å². The molecule has 0 fully saturated rings. The predicted octanol–water partition coefficient (Wildman–Crippen LogP) is 2.93. The summed E-state index contributed by atoms with van der Waals surface area (Å²) in [5, 5.41) is 16.3. The topological polar surface area (TPSA) is 109 Å². The van der Waals surface area contributed by atoms with Crippen molar-refractivity contribution in [2.45, 2.75) is 13.3 Å². The lowest BCUT2D eigenvalue weighted by Gasteiger charge is -2.09. The Balaban J connectivity index is 1.92. The third-order valence-corrected chi connectivity index (χ3v) is 3.74. The second-order valence-electron chi connectivity index (χ2n) is 5.50. The van der Waals surface area contributed by atoms with E-state index >= 15 is 0 Å². The van der Waals surface area contributed by atoms with Crippen LogP contribution in [0.2, 0.25) is 5.02 Å². The minimum Gasteiger partial charge on any atom is -0.503 e. The van der Waals surface area contributed by atoms with E-state index in [9.17, 15) is 14.7 Å². The number of rotatable bonds is 8. The summed E-state index contributed by atoms with van der Waals surface area (Å²) in [6.45, 7) is 2.12. The molecule has 0 heterocycles. The first kappa shape index (κ1) is 21.0. The lowest BCUT2D eigenvalue weighted by atomic mass is 10.2. The minimum atomic E-state index is -0.599. The number of benzene rings is 2. The zero-order chi connectivity index (χ0) is 20.5. The van der Waals surface area contributed by atoms with Gasteiger partial charge in [-0.1, -0.05) is 23.7 Å². The zero-order valence-corrected chi connectivity index (χ0v) is 16.1. The number of halogens is 1. The van der Waals surface area contributed by atoms with Crippen LogP contribution in [-0.2, 0) is 9.59 Å². The number of hydrogen-bond donors (Lipinski definition) is 3. The number of hydrogen-bond acceptors (Lipinski definition) is 6. The molecule has 0 aliphatic rings. The number of phenolic OH excluding ortho intramolecular Hbond substituents is 1. The highest BCUT2D eigenvalue weighted by Gasteiger charge is 2.12. The van der Waals surface area contributed by atoms with Crippen LogP contribution in [0.15, 0.2) is 41.5 Å². The van der Waals surface area contributed by atoms with E-state index in [1.165, 1.54) is 25.5 Å². The quantitative estimate of drug-likeness (QED) is 0.355. The van der Waals surface area contributed by atoms with Gasteiger partial charge < -0.3 is 19.9 Å². The Hall–Kier alpha value is -3.26. The molecule has 28 heavy (non-hydrogen) atoms. The van der Waals surface area contributed by atoms with Crippen LogP contribution in [0.5, 0.6) is 17.2 Å². The summed E-state index contributed by atoms with van der Waals surface area (Å²) < 4.78 is 10.4. The molecule has 0 bridgehead atoms. The Morgan fingerprint density at radius 2 is 1.96 bits per heavy atom. The molecule has 8 nitrogen and oxygen atoms in total. The number of amides is 2. The smallest absolute Gasteiger partial charge is 0.249 e. The first-order valence-corrected chi connectivity index (χ1v) is 8.72. The van der Waals surface area contributed by atoms with Crippen LogP contribution in [0.3, 0.4) is 0 Å². The molecule has 0 aromatic heterocycles. The molecule has 0 saturated heterocycles. The van der Waals surface area contributed by atoms with Crippen LogP contribution >= 0.6 is 11.6 Å². The highest BCUT2D eigenvalue weighted by molar-refractivity contribution is 6.32. The first-order chi connectivity index (χ1) is 13.4. The average Bonchev–Trinajstić information content (AvgIpc) is 2.66. The Morgan fingerprint density at radius 1 is 1.21 bits per heavy atom. The number of ether oxygens (including phenoxy) is 2. The van der Waals surface area contributed by atoms with Gasteiger partial charge in [-0.05, 0) is 36.8 Å². The molecule has 0 aliphatic heterocycles. The molecule has 2 aromatic carbocycles. The number of nitrogens with one attached hydrogen (secondary N) is 2. The van der Waals surface area contributed by atoms with Crippen molar-refractivity contribution in [3.63, 3.8) is 0 Å². The highest BCUT2D eigenvalue weighted by atomic mass is 35.5. The van der Waals surface area contributed by atoms with Gasteiger partial charge in [0.2, 0.25) is 11.8 Å². The maximum absolute atomic E-state index is 12.0. The van der Waals surface area contributed by atoms with Crippen molar-refractivity contribution in [1.29, 1.82) is 0 Å². The van der Waals surface area contributed by atoms with E-state index in [1.54, 1.807) is 31.2 Å². The predicted molar refractivity (Wildman–Crippen MR) is 106 cm³/mol. The van der Waals surface area contributed by atoms with E-state index in [4.69, 9.17) is 21.1 Å². The Labute approximate surface area is 167 Å². The number of phenols is 1. The van der Waals surface area contributed by atoms with Crippen molar-refractivity contribution >= 4 is 35.3 Å². The van der Waals surface area contributed by atoms with Crippen LogP contribution in [0, 0.1) is 0 Å². The van der Waals surface area contributed by atoms with Gasteiger partial charge in [0.25, 0.3) is 0 Å². The highest BCUT2D eigenvalue weighted by Crippen LogP contribution is 2.34. The van der Waals surface area contributed by atoms with Crippen molar-refractivity contribution in [1.82, 2.24) is 5.43 Å². The first-order valence-electron chi connectivity index (χ1n) is 8.34. The molecule has 9 heteroatoms. The molecular weight excluding hydrogens is 386 g/mol. The average molecular weight is 406 g/mol. The summed E-state index contributed by atoms with van der Waals surface area (Å²) in [6.07, 6.45) is 0.903. The van der Waals surface area contributed by atoms with Crippen molar-refractivity contribution < 1.29 is 24.2 Å². The van der Waals surface area contributed by atoms with Crippen LogP contribution in [0.4, 0.5) is 5.69 Å². The van der Waals surface area contributed by atoms with Crippen molar-refractivity contribution in [2.75, 3.05) is 19.0 Å². The number of carbonyl (C=O) groups excluding carboxylic acids is 2. The molecule has 0 spiro atoms. The van der Waals surface area contributed by atoms with Gasteiger partial charge in [0.1, 0.15) is 12.2 Å². The summed E-state index contributed by atoms with van der Waals surface area (Å²) in [6, 6.07) is 9.85. The molecule has 2 aromatic rings. The molecule has 2 rings (SSSR count). The third kappa shape index (κ3) is 5.88. The zero-order valence-electron chi connectivity index (χ0n) is 15.4.